The van der Waals surface area contributed by atoms with Gasteiger partial charge in [-0.2, -0.15) is 0 Å². The third-order valence-corrected chi connectivity index (χ3v) is 8.91. The molecule has 0 saturated carbocycles. The fraction of sp³-hybridized carbons (Fsp3) is 0.303. The fourth-order valence-corrected chi connectivity index (χ4v) is 7.00. The molecule has 13 heteroatoms. The number of allylic oxidation sites excluding steroid dienone is 1. The molecule has 11 nitrogen and oxygen atoms in total. The van der Waals surface area contributed by atoms with Gasteiger partial charge >= 0.3 is 7.12 Å². The minimum Gasteiger partial charge on any atom is -0.505 e. The quantitative estimate of drug-likeness (QED) is 0.112. The van der Waals surface area contributed by atoms with Gasteiger partial charge in [0, 0.05) is 25.4 Å². The lowest BCUT2D eigenvalue weighted by molar-refractivity contribution is -0.384. The molecule has 1 aromatic heterocycles. The number of nitro benzene ring substituents is 1. The van der Waals surface area contributed by atoms with Crippen molar-refractivity contribution in [1.29, 1.82) is 0 Å². The monoisotopic (exact) mass is 627 g/mol. The Hall–Kier alpha value is -4.72. The Balaban J connectivity index is 1.33. The summed E-state index contributed by atoms with van der Waals surface area (Å²) in [5, 5.41) is 32.0. The van der Waals surface area contributed by atoms with E-state index in [0.717, 1.165) is 21.6 Å². The molecule has 236 valence electrons. The molecule has 2 saturated heterocycles. The number of amides is 2. The van der Waals surface area contributed by atoms with E-state index in [1.165, 1.54) is 43.5 Å². The number of nitro groups is 1. The maximum Gasteiger partial charge on any atom is 0.455 e. The zero-order valence-electron chi connectivity index (χ0n) is 24.9. The molecule has 3 aliphatic rings. The second-order valence-electron chi connectivity index (χ2n) is 11.7. The van der Waals surface area contributed by atoms with Crippen LogP contribution in [0.5, 0.6) is 5.75 Å². The third kappa shape index (κ3) is 5.96. The van der Waals surface area contributed by atoms with Crippen LogP contribution in [0.3, 0.4) is 0 Å². The molecule has 4 atom stereocenters. The SMILES string of the molecule is COCC1=C2[C@@H](CC/C(=C/c3ccc(O)c(F)c3)c3ccccn3)OB(O)C[C@@H]2[C@@H]2C(=O)N(c3cccc([N+](=O)[O-])c3)C(=O)[C@@H]2C1. The van der Waals surface area contributed by atoms with Crippen LogP contribution in [-0.2, 0) is 19.0 Å². The minimum absolute atomic E-state index is 0.0950. The summed E-state index contributed by atoms with van der Waals surface area (Å²) in [6.45, 7) is 0.193. The number of imide groups is 1. The summed E-state index contributed by atoms with van der Waals surface area (Å²) in [5.41, 5.74) is 3.46. The second-order valence-corrected chi connectivity index (χ2v) is 11.7. The van der Waals surface area contributed by atoms with Gasteiger partial charge in [-0.1, -0.05) is 18.2 Å². The van der Waals surface area contributed by atoms with Crippen molar-refractivity contribution >= 4 is 42.0 Å². The number of aromatic hydroxyl groups is 1. The van der Waals surface area contributed by atoms with Crippen LogP contribution in [0, 0.1) is 33.7 Å². The highest BCUT2D eigenvalue weighted by Gasteiger charge is 2.57. The molecular formula is C33H31BFN3O8. The summed E-state index contributed by atoms with van der Waals surface area (Å²) in [6, 6.07) is 15.0. The predicted octanol–water partition coefficient (Wildman–Crippen LogP) is 4.80. The Labute approximate surface area is 264 Å². The van der Waals surface area contributed by atoms with Crippen molar-refractivity contribution in [1.82, 2.24) is 4.98 Å². The average molecular weight is 627 g/mol. The number of hydrogen-bond acceptors (Lipinski definition) is 9. The van der Waals surface area contributed by atoms with Gasteiger partial charge in [-0.3, -0.25) is 24.7 Å². The van der Waals surface area contributed by atoms with Gasteiger partial charge in [0.1, 0.15) is 0 Å². The van der Waals surface area contributed by atoms with Crippen molar-refractivity contribution < 1.29 is 38.4 Å². The Morgan fingerprint density at radius 1 is 1.17 bits per heavy atom. The predicted molar refractivity (Wildman–Crippen MR) is 167 cm³/mol. The van der Waals surface area contributed by atoms with E-state index in [-0.39, 0.29) is 30.7 Å². The highest BCUT2D eigenvalue weighted by atomic mass is 19.1. The molecular weight excluding hydrogens is 596 g/mol. The summed E-state index contributed by atoms with van der Waals surface area (Å²) in [7, 11) is 0.335. The highest BCUT2D eigenvalue weighted by Crippen LogP contribution is 2.51. The normalized spacial score (nSPS) is 23.1. The van der Waals surface area contributed by atoms with Crippen LogP contribution in [0.2, 0.25) is 6.32 Å². The van der Waals surface area contributed by atoms with E-state index >= 15 is 0 Å². The Bertz CT molecular complexity index is 1750. The van der Waals surface area contributed by atoms with Gasteiger partial charge in [0.15, 0.2) is 11.6 Å². The number of phenols is 1. The number of fused-ring (bicyclic) bond motifs is 3. The summed E-state index contributed by atoms with van der Waals surface area (Å²) >= 11 is 0. The van der Waals surface area contributed by atoms with E-state index in [1.807, 2.05) is 12.1 Å². The number of aromatic nitrogens is 1. The summed E-state index contributed by atoms with van der Waals surface area (Å²) in [5.74, 6) is -4.14. The van der Waals surface area contributed by atoms with Crippen LogP contribution in [0.1, 0.15) is 30.5 Å². The number of anilines is 1. The van der Waals surface area contributed by atoms with Gasteiger partial charge in [0.05, 0.1) is 40.9 Å². The van der Waals surface area contributed by atoms with Crippen LogP contribution >= 0.6 is 0 Å². The van der Waals surface area contributed by atoms with Crippen LogP contribution in [-0.4, -0.2) is 58.8 Å². The van der Waals surface area contributed by atoms with Crippen LogP contribution < -0.4 is 4.90 Å². The fourth-order valence-electron chi connectivity index (χ4n) is 7.00. The number of phenolic OH excluding ortho intramolecular Hbond substituents is 1. The van der Waals surface area contributed by atoms with Crippen LogP contribution in [0.25, 0.3) is 11.6 Å². The Morgan fingerprint density at radius 3 is 2.72 bits per heavy atom. The van der Waals surface area contributed by atoms with Crippen molar-refractivity contribution in [2.24, 2.45) is 17.8 Å². The van der Waals surface area contributed by atoms with Crippen molar-refractivity contribution in [3.8, 4) is 5.75 Å². The lowest BCUT2D eigenvalue weighted by Gasteiger charge is -2.43. The number of benzene rings is 2. The van der Waals surface area contributed by atoms with E-state index in [2.05, 4.69) is 4.98 Å². The zero-order valence-corrected chi connectivity index (χ0v) is 24.9. The molecule has 2 aromatic carbocycles. The molecule has 46 heavy (non-hydrogen) atoms. The maximum atomic E-state index is 14.2. The van der Waals surface area contributed by atoms with E-state index < -0.39 is 59.3 Å². The number of carbonyl (C=O) groups is 2. The van der Waals surface area contributed by atoms with Crippen molar-refractivity contribution in [2.45, 2.75) is 31.7 Å². The number of halogens is 1. The molecule has 2 fully saturated rings. The van der Waals surface area contributed by atoms with Gasteiger partial charge < -0.3 is 19.5 Å². The first-order chi connectivity index (χ1) is 22.2. The lowest BCUT2D eigenvalue weighted by Crippen LogP contribution is -2.46. The molecule has 1 aliphatic carbocycles. The van der Waals surface area contributed by atoms with Crippen molar-refractivity contribution in [3.63, 3.8) is 0 Å². The number of ether oxygens (including phenoxy) is 1. The van der Waals surface area contributed by atoms with E-state index in [0.29, 0.717) is 24.1 Å². The smallest absolute Gasteiger partial charge is 0.455 e. The second kappa shape index (κ2) is 13.0. The molecule has 2 N–H and O–H groups in total. The first-order valence-electron chi connectivity index (χ1n) is 14.9. The molecule has 0 spiro atoms. The number of rotatable bonds is 9. The van der Waals surface area contributed by atoms with Gasteiger partial charge in [-0.05, 0) is 90.2 Å². The number of pyridine rings is 1. The maximum absolute atomic E-state index is 14.2. The van der Waals surface area contributed by atoms with Gasteiger partial charge in [0.25, 0.3) is 5.69 Å². The first kappa shape index (κ1) is 31.3. The number of carbonyl (C=O) groups excluding carboxylic acids is 2. The molecule has 0 radical (unpaired) electrons. The largest absolute Gasteiger partial charge is 0.505 e. The number of nitrogens with zero attached hydrogens (tertiary/aromatic N) is 3. The molecule has 3 heterocycles. The summed E-state index contributed by atoms with van der Waals surface area (Å²) in [6.07, 6.45) is 3.90. The molecule has 2 amide bonds. The standard InChI is InChI=1S/C33H31BFN3O8/c1-45-18-21-15-24-31(33(41)37(32(24)40)22-5-4-6-23(16-22)38(43)44)25-17-34(42)46-29(30(21)25)11-9-20(27-7-2-3-12-36-27)13-19-8-10-28(39)26(35)14-19/h2-8,10,12-14,16,24-25,29,31,39,42H,9,11,15,17-18H2,1H3/b20-13-/t24-,25+,29-,31-/m1/s1. The number of methoxy groups -OCH3 is 1. The number of non-ortho nitro benzene ring substituents is 1. The molecule has 3 aromatic rings. The lowest BCUT2D eigenvalue weighted by atomic mass is 9.58. The number of hydrogen-bond donors (Lipinski definition) is 2. The van der Waals surface area contributed by atoms with E-state index in [9.17, 15) is 34.2 Å². The highest BCUT2D eigenvalue weighted by molar-refractivity contribution is 6.43. The summed E-state index contributed by atoms with van der Waals surface area (Å²) < 4.78 is 25.8. The van der Waals surface area contributed by atoms with Crippen molar-refractivity contribution in [3.05, 3.63) is 105 Å². The minimum atomic E-state index is -1.20. The van der Waals surface area contributed by atoms with E-state index in [4.69, 9.17) is 9.39 Å². The Morgan fingerprint density at radius 2 is 2.00 bits per heavy atom. The van der Waals surface area contributed by atoms with Crippen LogP contribution in [0.4, 0.5) is 15.8 Å². The van der Waals surface area contributed by atoms with Crippen LogP contribution in [0.15, 0.2) is 78.0 Å². The molecule has 0 unspecified atom stereocenters. The third-order valence-electron chi connectivity index (χ3n) is 8.91. The van der Waals surface area contributed by atoms with Gasteiger partial charge in [-0.15, -0.1) is 0 Å². The van der Waals surface area contributed by atoms with Gasteiger partial charge in [-0.25, -0.2) is 9.29 Å². The molecule has 2 aliphatic heterocycles. The van der Waals surface area contributed by atoms with E-state index in [1.54, 1.807) is 24.4 Å². The topological polar surface area (TPSA) is 152 Å². The summed E-state index contributed by atoms with van der Waals surface area (Å²) in [4.78, 5) is 44.0. The molecule has 0 bridgehead atoms. The zero-order chi connectivity index (χ0) is 32.5. The molecule has 6 rings (SSSR count). The average Bonchev–Trinajstić information content (AvgIpc) is 3.30. The van der Waals surface area contributed by atoms with Gasteiger partial charge in [0.2, 0.25) is 11.8 Å². The van der Waals surface area contributed by atoms with Crippen molar-refractivity contribution in [2.75, 3.05) is 18.6 Å². The first-order valence-corrected chi connectivity index (χ1v) is 14.9. The Kier molecular flexibility index (Phi) is 8.81.